The summed E-state index contributed by atoms with van der Waals surface area (Å²) in [5.41, 5.74) is 8.15. The van der Waals surface area contributed by atoms with Gasteiger partial charge in [0.15, 0.2) is 0 Å². The second-order valence-corrected chi connectivity index (χ2v) is 5.52. The summed E-state index contributed by atoms with van der Waals surface area (Å²) in [4.78, 5) is 14.2. The van der Waals surface area contributed by atoms with E-state index in [9.17, 15) is 4.79 Å². The molecule has 4 nitrogen and oxygen atoms in total. The fourth-order valence-corrected chi connectivity index (χ4v) is 2.21. The lowest BCUT2D eigenvalue weighted by molar-refractivity contribution is -0.121. The Morgan fingerprint density at radius 1 is 1.24 bits per heavy atom. The summed E-state index contributed by atoms with van der Waals surface area (Å²) in [5, 5.41) is 2.99. The van der Waals surface area contributed by atoms with E-state index in [-0.39, 0.29) is 11.9 Å². The lowest BCUT2D eigenvalue weighted by Gasteiger charge is -2.20. The Kier molecular flexibility index (Phi) is 8.01. The number of rotatable bonds is 9. The Hall–Kier alpha value is -1.39. The molecular formula is C17H29N3O. The molecular weight excluding hydrogens is 262 g/mol. The zero-order chi connectivity index (χ0) is 15.7. The predicted octanol–water partition coefficient (Wildman–Crippen LogP) is 2.27. The van der Waals surface area contributed by atoms with Crippen LogP contribution in [-0.4, -0.2) is 29.9 Å². The minimum Gasteiger partial charge on any atom is -0.352 e. The Morgan fingerprint density at radius 3 is 2.43 bits per heavy atom. The summed E-state index contributed by atoms with van der Waals surface area (Å²) in [7, 11) is 0. The molecule has 0 saturated heterocycles. The summed E-state index contributed by atoms with van der Waals surface area (Å²) < 4.78 is 0. The summed E-state index contributed by atoms with van der Waals surface area (Å²) in [6, 6.07) is 8.38. The number of benzene rings is 1. The van der Waals surface area contributed by atoms with Gasteiger partial charge in [-0.15, -0.1) is 0 Å². The molecule has 0 saturated carbocycles. The van der Waals surface area contributed by atoms with Crippen LogP contribution in [0.1, 0.15) is 44.7 Å². The van der Waals surface area contributed by atoms with E-state index in [1.54, 1.807) is 0 Å². The Bertz CT molecular complexity index is 428. The van der Waals surface area contributed by atoms with E-state index in [4.69, 9.17) is 5.73 Å². The van der Waals surface area contributed by atoms with Crippen molar-refractivity contribution in [3.63, 3.8) is 0 Å². The second kappa shape index (κ2) is 9.53. The molecule has 4 heteroatoms. The first-order chi connectivity index (χ1) is 10.1. The van der Waals surface area contributed by atoms with Crippen LogP contribution in [0, 0.1) is 0 Å². The van der Waals surface area contributed by atoms with Crippen LogP contribution >= 0.6 is 0 Å². The molecule has 0 spiro atoms. The van der Waals surface area contributed by atoms with Crippen molar-refractivity contribution in [1.29, 1.82) is 0 Å². The molecule has 1 atom stereocenters. The molecule has 0 aromatic heterocycles. The molecule has 0 bridgehead atoms. The third kappa shape index (κ3) is 6.74. The quantitative estimate of drug-likeness (QED) is 0.734. The maximum Gasteiger partial charge on any atom is 0.220 e. The largest absolute Gasteiger partial charge is 0.352 e. The summed E-state index contributed by atoms with van der Waals surface area (Å²) in [6.45, 7) is 9.85. The summed E-state index contributed by atoms with van der Waals surface area (Å²) >= 11 is 0. The molecule has 1 rings (SSSR count). The van der Waals surface area contributed by atoms with Crippen LogP contribution in [0.15, 0.2) is 24.3 Å². The van der Waals surface area contributed by atoms with E-state index in [2.05, 4.69) is 42.3 Å². The van der Waals surface area contributed by atoms with Crippen molar-refractivity contribution in [1.82, 2.24) is 10.2 Å². The number of nitrogens with two attached hydrogens (primary N) is 1. The second-order valence-electron chi connectivity index (χ2n) is 5.52. The number of nitrogens with one attached hydrogen (secondary N) is 1. The molecule has 21 heavy (non-hydrogen) atoms. The minimum atomic E-state index is 0.0740. The molecule has 0 heterocycles. The maximum atomic E-state index is 11.8. The lowest BCUT2D eigenvalue weighted by atomic mass is 10.1. The molecule has 118 valence electrons. The van der Waals surface area contributed by atoms with Gasteiger partial charge in [0.2, 0.25) is 5.91 Å². The molecule has 1 aromatic rings. The predicted molar refractivity (Wildman–Crippen MR) is 87.8 cm³/mol. The van der Waals surface area contributed by atoms with Crippen LogP contribution in [0.4, 0.5) is 0 Å². The number of carbonyl (C=O) groups is 1. The van der Waals surface area contributed by atoms with Gasteiger partial charge in [0.25, 0.3) is 0 Å². The number of carbonyl (C=O) groups excluding carboxylic acids is 1. The van der Waals surface area contributed by atoms with Gasteiger partial charge in [-0.3, -0.25) is 9.69 Å². The van der Waals surface area contributed by atoms with Gasteiger partial charge in [0.1, 0.15) is 0 Å². The molecule has 1 unspecified atom stereocenters. The van der Waals surface area contributed by atoms with E-state index in [0.29, 0.717) is 13.0 Å². The van der Waals surface area contributed by atoms with Crippen molar-refractivity contribution in [3.8, 4) is 0 Å². The molecule has 1 amide bonds. The smallest absolute Gasteiger partial charge is 0.220 e. The maximum absolute atomic E-state index is 11.8. The number of nitrogens with zero attached hydrogens (tertiary/aromatic N) is 1. The highest BCUT2D eigenvalue weighted by Gasteiger charge is 2.08. The molecule has 3 N–H and O–H groups in total. The van der Waals surface area contributed by atoms with E-state index in [1.165, 1.54) is 11.1 Å². The average molecular weight is 291 g/mol. The highest BCUT2D eigenvalue weighted by molar-refractivity contribution is 5.75. The van der Waals surface area contributed by atoms with E-state index in [0.717, 1.165) is 26.1 Å². The SMILES string of the molecule is CCN(CC)Cc1ccccc1CNC(=O)CCC(C)N. The Morgan fingerprint density at radius 2 is 1.86 bits per heavy atom. The standard InChI is InChI=1S/C17H29N3O/c1-4-20(5-2)13-16-9-7-6-8-15(16)12-19-17(21)11-10-14(3)18/h6-9,14H,4-5,10-13,18H2,1-3H3,(H,19,21). The van der Waals surface area contributed by atoms with Gasteiger partial charge >= 0.3 is 0 Å². The molecule has 0 radical (unpaired) electrons. The first-order valence-electron chi connectivity index (χ1n) is 7.88. The van der Waals surface area contributed by atoms with Gasteiger partial charge in [-0.05, 0) is 37.6 Å². The van der Waals surface area contributed by atoms with Crippen molar-refractivity contribution in [2.45, 2.75) is 52.7 Å². The first kappa shape index (κ1) is 17.7. The van der Waals surface area contributed by atoms with E-state index >= 15 is 0 Å². The van der Waals surface area contributed by atoms with Crippen LogP contribution in [0.2, 0.25) is 0 Å². The average Bonchev–Trinajstić information content (AvgIpc) is 2.49. The Labute approximate surface area is 128 Å². The van der Waals surface area contributed by atoms with Crippen LogP contribution in [0.5, 0.6) is 0 Å². The fourth-order valence-electron chi connectivity index (χ4n) is 2.21. The number of amides is 1. The van der Waals surface area contributed by atoms with Crippen molar-refractivity contribution in [2.75, 3.05) is 13.1 Å². The number of hydrogen-bond acceptors (Lipinski definition) is 3. The fraction of sp³-hybridized carbons (Fsp3) is 0.588. The van der Waals surface area contributed by atoms with Gasteiger partial charge < -0.3 is 11.1 Å². The molecule has 0 aliphatic rings. The van der Waals surface area contributed by atoms with E-state index < -0.39 is 0 Å². The monoisotopic (exact) mass is 291 g/mol. The van der Waals surface area contributed by atoms with Gasteiger partial charge in [-0.2, -0.15) is 0 Å². The topological polar surface area (TPSA) is 58.4 Å². The third-order valence-corrected chi connectivity index (χ3v) is 3.71. The third-order valence-electron chi connectivity index (χ3n) is 3.71. The van der Waals surface area contributed by atoms with Gasteiger partial charge in [0, 0.05) is 25.6 Å². The van der Waals surface area contributed by atoms with Crippen molar-refractivity contribution < 1.29 is 4.79 Å². The van der Waals surface area contributed by atoms with Crippen LogP contribution in [0.3, 0.4) is 0 Å². The van der Waals surface area contributed by atoms with Crippen molar-refractivity contribution in [2.24, 2.45) is 5.73 Å². The van der Waals surface area contributed by atoms with Gasteiger partial charge in [0.05, 0.1) is 0 Å². The zero-order valence-corrected chi connectivity index (χ0v) is 13.6. The molecule has 0 fully saturated rings. The number of hydrogen-bond donors (Lipinski definition) is 2. The molecule has 1 aromatic carbocycles. The summed E-state index contributed by atoms with van der Waals surface area (Å²) in [6.07, 6.45) is 1.23. The highest BCUT2D eigenvalue weighted by Crippen LogP contribution is 2.11. The Balaban J connectivity index is 2.56. The van der Waals surface area contributed by atoms with Crippen LogP contribution < -0.4 is 11.1 Å². The van der Waals surface area contributed by atoms with Crippen LogP contribution in [-0.2, 0) is 17.9 Å². The van der Waals surface area contributed by atoms with Crippen molar-refractivity contribution in [3.05, 3.63) is 35.4 Å². The van der Waals surface area contributed by atoms with Crippen molar-refractivity contribution >= 4 is 5.91 Å². The van der Waals surface area contributed by atoms with Gasteiger partial charge in [-0.1, -0.05) is 38.1 Å². The van der Waals surface area contributed by atoms with E-state index in [1.807, 2.05) is 13.0 Å². The minimum absolute atomic E-state index is 0.0740. The highest BCUT2D eigenvalue weighted by atomic mass is 16.1. The molecule has 0 aliphatic heterocycles. The zero-order valence-electron chi connectivity index (χ0n) is 13.6. The summed E-state index contributed by atoms with van der Waals surface area (Å²) in [5.74, 6) is 0.0740. The lowest BCUT2D eigenvalue weighted by Crippen LogP contribution is -2.27. The van der Waals surface area contributed by atoms with Gasteiger partial charge in [-0.25, -0.2) is 0 Å². The van der Waals surface area contributed by atoms with Crippen LogP contribution in [0.25, 0.3) is 0 Å². The first-order valence-corrected chi connectivity index (χ1v) is 7.88. The molecule has 0 aliphatic carbocycles. The normalized spacial score (nSPS) is 12.4.